The van der Waals surface area contributed by atoms with Crippen LogP contribution in [0.1, 0.15) is 37.5 Å². The van der Waals surface area contributed by atoms with Crippen molar-refractivity contribution in [1.82, 2.24) is 10.2 Å². The van der Waals surface area contributed by atoms with E-state index in [4.69, 9.17) is 4.74 Å². The lowest BCUT2D eigenvalue weighted by Crippen LogP contribution is -2.56. The SMILES string of the molecule is COc1cccc(N(CC(=O)N(Cc2cccc(C)c2)[C@H](Cc2ccccc2)C(=O)NC(C)(C)C)S(=O)(=O)c2ccccc2)c1. The maximum absolute atomic E-state index is 14.6. The predicted molar refractivity (Wildman–Crippen MR) is 178 cm³/mol. The van der Waals surface area contributed by atoms with Crippen molar-refractivity contribution in [3.05, 3.63) is 126 Å². The lowest BCUT2D eigenvalue weighted by molar-refractivity contribution is -0.140. The molecule has 0 saturated heterocycles. The van der Waals surface area contributed by atoms with Gasteiger partial charge in [-0.05, 0) is 63.1 Å². The van der Waals surface area contributed by atoms with E-state index in [2.05, 4.69) is 5.32 Å². The van der Waals surface area contributed by atoms with E-state index in [1.54, 1.807) is 42.5 Å². The van der Waals surface area contributed by atoms with Crippen LogP contribution in [0.15, 0.2) is 114 Å². The van der Waals surface area contributed by atoms with Crippen LogP contribution in [0, 0.1) is 6.92 Å². The monoisotopic (exact) mass is 627 g/mol. The average Bonchev–Trinajstić information content (AvgIpc) is 3.01. The fraction of sp³-hybridized carbons (Fsp3) is 0.278. The third kappa shape index (κ3) is 8.95. The average molecular weight is 628 g/mol. The standard InChI is InChI=1S/C36H41N3O5S/c1-27-14-12-17-29(22-27)25-38(33(35(41)37-36(2,3)4)23-28-15-8-6-9-16-28)34(40)26-39(30-18-13-19-31(24-30)44-5)45(42,43)32-20-10-7-11-21-32/h6-22,24,33H,23,25-26H2,1-5H3,(H,37,41)/t33-/m1/s1. The number of sulfonamides is 1. The number of methoxy groups -OCH3 is 1. The summed E-state index contributed by atoms with van der Waals surface area (Å²) in [6.07, 6.45) is 0.241. The van der Waals surface area contributed by atoms with Gasteiger partial charge in [-0.3, -0.25) is 13.9 Å². The molecule has 0 unspecified atom stereocenters. The molecule has 0 aliphatic rings. The smallest absolute Gasteiger partial charge is 0.264 e. The van der Waals surface area contributed by atoms with E-state index in [0.717, 1.165) is 21.0 Å². The van der Waals surface area contributed by atoms with Gasteiger partial charge >= 0.3 is 0 Å². The Bertz CT molecular complexity index is 1700. The largest absolute Gasteiger partial charge is 0.497 e. The zero-order chi connectivity index (χ0) is 32.6. The van der Waals surface area contributed by atoms with E-state index in [1.165, 1.54) is 24.1 Å². The Hall–Kier alpha value is -4.63. The van der Waals surface area contributed by atoms with Crippen LogP contribution in [0.5, 0.6) is 5.75 Å². The van der Waals surface area contributed by atoms with Crippen LogP contribution in [-0.2, 0) is 32.6 Å². The van der Waals surface area contributed by atoms with Crippen LogP contribution < -0.4 is 14.4 Å². The first-order valence-electron chi connectivity index (χ1n) is 14.8. The van der Waals surface area contributed by atoms with Crippen LogP contribution >= 0.6 is 0 Å². The van der Waals surface area contributed by atoms with Gasteiger partial charge in [-0.2, -0.15) is 0 Å². The molecule has 8 nitrogen and oxygen atoms in total. The van der Waals surface area contributed by atoms with Gasteiger partial charge < -0.3 is 15.0 Å². The second-order valence-electron chi connectivity index (χ2n) is 12.0. The molecule has 0 radical (unpaired) electrons. The Balaban J connectivity index is 1.83. The molecule has 0 bridgehead atoms. The van der Waals surface area contributed by atoms with Crippen LogP contribution in [0.25, 0.3) is 0 Å². The highest BCUT2D eigenvalue weighted by atomic mass is 32.2. The molecular weight excluding hydrogens is 586 g/mol. The number of nitrogens with one attached hydrogen (secondary N) is 1. The summed E-state index contributed by atoms with van der Waals surface area (Å²) in [4.78, 5) is 30.1. The zero-order valence-corrected chi connectivity index (χ0v) is 27.3. The van der Waals surface area contributed by atoms with Gasteiger partial charge in [0.25, 0.3) is 10.0 Å². The number of carbonyl (C=O) groups is 2. The van der Waals surface area contributed by atoms with Crippen molar-refractivity contribution in [2.75, 3.05) is 18.0 Å². The minimum absolute atomic E-state index is 0.0390. The molecule has 9 heteroatoms. The quantitative estimate of drug-likeness (QED) is 0.216. The summed E-state index contributed by atoms with van der Waals surface area (Å²) >= 11 is 0. The van der Waals surface area contributed by atoms with E-state index < -0.39 is 34.1 Å². The van der Waals surface area contributed by atoms with Gasteiger partial charge in [0.05, 0.1) is 17.7 Å². The lowest BCUT2D eigenvalue weighted by atomic mass is 10.0. The van der Waals surface area contributed by atoms with E-state index >= 15 is 0 Å². The zero-order valence-electron chi connectivity index (χ0n) is 26.4. The highest BCUT2D eigenvalue weighted by Gasteiger charge is 2.35. The minimum atomic E-state index is -4.19. The summed E-state index contributed by atoms with van der Waals surface area (Å²) in [7, 11) is -2.70. The van der Waals surface area contributed by atoms with Gasteiger partial charge in [0.1, 0.15) is 18.3 Å². The second kappa shape index (κ2) is 14.4. The number of hydrogen-bond acceptors (Lipinski definition) is 5. The Morgan fingerprint density at radius 1 is 0.822 bits per heavy atom. The van der Waals surface area contributed by atoms with Crippen LogP contribution in [-0.4, -0.2) is 50.4 Å². The predicted octanol–water partition coefficient (Wildman–Crippen LogP) is 5.75. The molecule has 45 heavy (non-hydrogen) atoms. The summed E-state index contributed by atoms with van der Waals surface area (Å²) in [5, 5.41) is 3.05. The van der Waals surface area contributed by atoms with Crippen molar-refractivity contribution in [1.29, 1.82) is 0 Å². The fourth-order valence-corrected chi connectivity index (χ4v) is 6.46. The van der Waals surface area contributed by atoms with Crippen molar-refractivity contribution in [2.24, 2.45) is 0 Å². The van der Waals surface area contributed by atoms with Gasteiger partial charge in [0.2, 0.25) is 11.8 Å². The molecule has 0 spiro atoms. The summed E-state index contributed by atoms with van der Waals surface area (Å²) in [6.45, 7) is 7.17. The van der Waals surface area contributed by atoms with Crippen molar-refractivity contribution >= 4 is 27.5 Å². The molecule has 0 fully saturated rings. The highest BCUT2D eigenvalue weighted by Crippen LogP contribution is 2.28. The Morgan fingerprint density at radius 3 is 2.07 bits per heavy atom. The van der Waals surface area contributed by atoms with E-state index in [0.29, 0.717) is 5.75 Å². The molecule has 1 N–H and O–H groups in total. The maximum atomic E-state index is 14.6. The third-order valence-corrected chi connectivity index (χ3v) is 8.94. The molecule has 0 aliphatic heterocycles. The molecule has 0 saturated carbocycles. The van der Waals surface area contributed by atoms with Crippen molar-refractivity contribution < 1.29 is 22.7 Å². The summed E-state index contributed by atoms with van der Waals surface area (Å²) in [5.41, 5.74) is 2.40. The summed E-state index contributed by atoms with van der Waals surface area (Å²) in [5.74, 6) is -0.411. The molecule has 0 aliphatic carbocycles. The number of ether oxygens (including phenoxy) is 1. The van der Waals surface area contributed by atoms with Gasteiger partial charge in [-0.1, -0.05) is 84.4 Å². The number of nitrogens with zero attached hydrogens (tertiary/aromatic N) is 2. The Kier molecular flexibility index (Phi) is 10.7. The molecule has 1 atom stereocenters. The molecule has 236 valence electrons. The summed E-state index contributed by atoms with van der Waals surface area (Å²) in [6, 6.07) is 30.8. The topological polar surface area (TPSA) is 96.0 Å². The van der Waals surface area contributed by atoms with Gasteiger partial charge in [-0.25, -0.2) is 8.42 Å². The first-order valence-corrected chi connectivity index (χ1v) is 16.2. The normalized spacial score (nSPS) is 12.2. The first kappa shape index (κ1) is 33.3. The van der Waals surface area contributed by atoms with Crippen LogP contribution in [0.4, 0.5) is 5.69 Å². The second-order valence-corrected chi connectivity index (χ2v) is 13.8. The minimum Gasteiger partial charge on any atom is -0.497 e. The molecule has 2 amide bonds. The first-order chi connectivity index (χ1) is 21.4. The lowest BCUT2D eigenvalue weighted by Gasteiger charge is -2.35. The van der Waals surface area contributed by atoms with Crippen molar-refractivity contribution in [3.63, 3.8) is 0 Å². The Morgan fingerprint density at radius 2 is 1.44 bits per heavy atom. The number of anilines is 1. The Labute approximate surface area is 266 Å². The molecule has 4 aromatic rings. The maximum Gasteiger partial charge on any atom is 0.264 e. The number of hydrogen-bond donors (Lipinski definition) is 1. The van der Waals surface area contributed by atoms with Gasteiger partial charge in [0, 0.05) is 24.6 Å². The van der Waals surface area contributed by atoms with Crippen LogP contribution in [0.3, 0.4) is 0 Å². The number of benzene rings is 4. The van der Waals surface area contributed by atoms with E-state index in [-0.39, 0.29) is 29.5 Å². The van der Waals surface area contributed by atoms with E-state index in [1.807, 2.05) is 82.3 Å². The van der Waals surface area contributed by atoms with Crippen LogP contribution in [0.2, 0.25) is 0 Å². The van der Waals surface area contributed by atoms with Gasteiger partial charge in [0.15, 0.2) is 0 Å². The van der Waals surface area contributed by atoms with Gasteiger partial charge in [-0.15, -0.1) is 0 Å². The molecular formula is C36H41N3O5S. The third-order valence-electron chi connectivity index (χ3n) is 7.16. The fourth-order valence-electron chi connectivity index (χ4n) is 5.03. The van der Waals surface area contributed by atoms with E-state index in [9.17, 15) is 18.0 Å². The number of aryl methyl sites for hydroxylation is 1. The highest BCUT2D eigenvalue weighted by molar-refractivity contribution is 7.92. The van der Waals surface area contributed by atoms with Crippen molar-refractivity contribution in [2.45, 2.75) is 57.1 Å². The number of amides is 2. The molecule has 4 rings (SSSR count). The molecule has 4 aromatic carbocycles. The van der Waals surface area contributed by atoms with Crippen molar-refractivity contribution in [3.8, 4) is 5.75 Å². The molecule has 0 heterocycles. The summed E-state index contributed by atoms with van der Waals surface area (Å²) < 4.78 is 34.7. The molecule has 0 aromatic heterocycles. The number of carbonyl (C=O) groups excluding carboxylic acids is 2. The number of rotatable bonds is 12.